The van der Waals surface area contributed by atoms with E-state index in [0.29, 0.717) is 23.8 Å². The first kappa shape index (κ1) is 21.2. The van der Waals surface area contributed by atoms with Gasteiger partial charge in [0.15, 0.2) is 5.96 Å². The first-order valence-electron chi connectivity index (χ1n) is 9.30. The quantitative estimate of drug-likeness (QED) is 0.533. The predicted octanol–water partition coefficient (Wildman–Crippen LogP) is 2.69. The summed E-state index contributed by atoms with van der Waals surface area (Å²) in [6, 6.07) is 4.75. The number of ether oxygens (including phenoxy) is 2. The monoisotopic (exact) mass is 384 g/mol. The fourth-order valence-electron chi connectivity index (χ4n) is 3.25. The maximum atomic E-state index is 12.6. The molecule has 27 heavy (non-hydrogen) atoms. The summed E-state index contributed by atoms with van der Waals surface area (Å²) in [5.74, 6) is 2.06. The van der Waals surface area contributed by atoms with Crippen LogP contribution in [-0.4, -0.2) is 57.8 Å². The van der Waals surface area contributed by atoms with E-state index in [1.54, 1.807) is 19.2 Å². The van der Waals surface area contributed by atoms with E-state index in [9.17, 15) is 8.78 Å². The molecular formula is C19H30F2N4O2. The lowest BCUT2D eigenvalue weighted by Crippen LogP contribution is -2.43. The third-order valence-corrected chi connectivity index (χ3v) is 4.62. The second-order valence-corrected chi connectivity index (χ2v) is 6.75. The highest BCUT2D eigenvalue weighted by Crippen LogP contribution is 2.25. The highest BCUT2D eigenvalue weighted by molar-refractivity contribution is 5.79. The van der Waals surface area contributed by atoms with E-state index in [-0.39, 0.29) is 5.75 Å². The second kappa shape index (κ2) is 10.9. The largest absolute Gasteiger partial charge is 0.497 e. The average molecular weight is 384 g/mol. The molecule has 8 heteroatoms. The predicted molar refractivity (Wildman–Crippen MR) is 103 cm³/mol. The van der Waals surface area contributed by atoms with Crippen molar-refractivity contribution >= 4 is 5.96 Å². The Kier molecular flexibility index (Phi) is 8.57. The molecule has 0 radical (unpaired) electrons. The number of nitrogens with zero attached hydrogens (tertiary/aromatic N) is 2. The van der Waals surface area contributed by atoms with Crippen LogP contribution in [0.2, 0.25) is 0 Å². The van der Waals surface area contributed by atoms with E-state index in [2.05, 4.69) is 32.2 Å². The molecule has 2 N–H and O–H groups in total. The third-order valence-electron chi connectivity index (χ3n) is 4.62. The van der Waals surface area contributed by atoms with E-state index >= 15 is 0 Å². The molecule has 0 saturated carbocycles. The number of likely N-dealkylation sites (tertiary alicyclic amines) is 1. The SMILES string of the molecule is CN=C(NCCN1CCCC(C)C1)NCc1cc(OC)ccc1OC(F)F. The van der Waals surface area contributed by atoms with Gasteiger partial charge in [0, 0.05) is 38.8 Å². The van der Waals surface area contributed by atoms with Gasteiger partial charge in [-0.15, -0.1) is 0 Å². The highest BCUT2D eigenvalue weighted by Gasteiger charge is 2.16. The minimum absolute atomic E-state index is 0.121. The van der Waals surface area contributed by atoms with Crippen molar-refractivity contribution in [1.82, 2.24) is 15.5 Å². The third kappa shape index (κ3) is 7.21. The number of piperidine rings is 1. The van der Waals surface area contributed by atoms with E-state index in [1.807, 2.05) is 0 Å². The summed E-state index contributed by atoms with van der Waals surface area (Å²) in [6.07, 6.45) is 2.55. The summed E-state index contributed by atoms with van der Waals surface area (Å²) in [5.41, 5.74) is 0.572. The van der Waals surface area contributed by atoms with Crippen molar-refractivity contribution in [3.05, 3.63) is 23.8 Å². The number of rotatable bonds is 8. The Labute approximate surface area is 159 Å². The standard InChI is InChI=1S/C19H30F2N4O2/c1-14-5-4-9-25(13-14)10-8-23-19(22-2)24-12-15-11-16(26-3)6-7-17(15)27-18(20)21/h6-7,11,14,18H,4-5,8-10,12-13H2,1-3H3,(H2,22,23,24). The molecule has 1 unspecified atom stereocenters. The normalized spacial score (nSPS) is 18.4. The van der Waals surface area contributed by atoms with Gasteiger partial charge >= 0.3 is 6.61 Å². The van der Waals surface area contributed by atoms with Crippen molar-refractivity contribution in [3.63, 3.8) is 0 Å². The topological polar surface area (TPSA) is 58.1 Å². The molecule has 152 valence electrons. The van der Waals surface area contributed by atoms with E-state index in [0.717, 1.165) is 32.1 Å². The first-order chi connectivity index (χ1) is 13.0. The Morgan fingerprint density at radius 1 is 1.37 bits per heavy atom. The molecule has 1 fully saturated rings. The minimum atomic E-state index is -2.87. The van der Waals surface area contributed by atoms with Crippen molar-refractivity contribution < 1.29 is 18.3 Å². The molecule has 0 spiro atoms. The molecule has 1 atom stereocenters. The summed E-state index contributed by atoms with van der Waals surface area (Å²) in [6.45, 7) is 3.69. The zero-order valence-corrected chi connectivity index (χ0v) is 16.3. The molecule has 1 aliphatic rings. The Morgan fingerprint density at radius 3 is 2.85 bits per heavy atom. The van der Waals surface area contributed by atoms with E-state index in [4.69, 9.17) is 4.74 Å². The zero-order chi connectivity index (χ0) is 19.6. The van der Waals surface area contributed by atoms with Crippen molar-refractivity contribution in [3.8, 4) is 11.5 Å². The van der Waals surface area contributed by atoms with Crippen LogP contribution in [0.5, 0.6) is 11.5 Å². The van der Waals surface area contributed by atoms with Gasteiger partial charge in [-0.1, -0.05) is 6.92 Å². The molecule has 1 aromatic carbocycles. The number of hydrogen-bond acceptors (Lipinski definition) is 4. The molecule has 1 heterocycles. The lowest BCUT2D eigenvalue weighted by atomic mass is 10.0. The Balaban J connectivity index is 1.85. The van der Waals surface area contributed by atoms with Crippen LogP contribution < -0.4 is 20.1 Å². The fourth-order valence-corrected chi connectivity index (χ4v) is 3.25. The molecule has 0 aliphatic carbocycles. The molecule has 1 aromatic rings. The van der Waals surface area contributed by atoms with Crippen LogP contribution in [0, 0.1) is 5.92 Å². The second-order valence-electron chi connectivity index (χ2n) is 6.75. The van der Waals surface area contributed by atoms with Gasteiger partial charge in [-0.25, -0.2) is 0 Å². The molecule has 2 rings (SSSR count). The molecular weight excluding hydrogens is 354 g/mol. The number of hydrogen-bond donors (Lipinski definition) is 2. The highest BCUT2D eigenvalue weighted by atomic mass is 19.3. The molecule has 0 aromatic heterocycles. The summed E-state index contributed by atoms with van der Waals surface area (Å²) < 4.78 is 35.0. The van der Waals surface area contributed by atoms with Crippen LogP contribution in [-0.2, 0) is 6.54 Å². The van der Waals surface area contributed by atoms with Crippen LogP contribution >= 0.6 is 0 Å². The lowest BCUT2D eigenvalue weighted by Gasteiger charge is -2.30. The van der Waals surface area contributed by atoms with Gasteiger partial charge in [0.2, 0.25) is 0 Å². The van der Waals surface area contributed by atoms with Crippen LogP contribution in [0.1, 0.15) is 25.3 Å². The summed E-state index contributed by atoms with van der Waals surface area (Å²) >= 11 is 0. The number of aliphatic imine (C=N–C) groups is 1. The van der Waals surface area contributed by atoms with Gasteiger partial charge in [0.1, 0.15) is 11.5 Å². The maximum absolute atomic E-state index is 12.6. The van der Waals surface area contributed by atoms with Crippen molar-refractivity contribution in [1.29, 1.82) is 0 Å². The number of halogens is 2. The summed E-state index contributed by atoms with van der Waals surface area (Å²) in [7, 11) is 3.21. The summed E-state index contributed by atoms with van der Waals surface area (Å²) in [4.78, 5) is 6.64. The molecule has 1 aliphatic heterocycles. The van der Waals surface area contributed by atoms with Crippen LogP contribution in [0.25, 0.3) is 0 Å². The Bertz CT molecular complexity index is 613. The van der Waals surface area contributed by atoms with Crippen molar-refractivity contribution in [2.75, 3.05) is 40.3 Å². The first-order valence-corrected chi connectivity index (χ1v) is 9.30. The smallest absolute Gasteiger partial charge is 0.387 e. The Morgan fingerprint density at radius 2 is 2.19 bits per heavy atom. The van der Waals surface area contributed by atoms with E-state index < -0.39 is 6.61 Å². The van der Waals surface area contributed by atoms with Crippen LogP contribution in [0.3, 0.4) is 0 Å². The zero-order valence-electron chi connectivity index (χ0n) is 16.3. The Hall–Kier alpha value is -2.09. The lowest BCUT2D eigenvalue weighted by molar-refractivity contribution is -0.0504. The molecule has 0 amide bonds. The molecule has 6 nitrogen and oxygen atoms in total. The number of alkyl halides is 2. The van der Waals surface area contributed by atoms with Gasteiger partial charge in [0.05, 0.1) is 7.11 Å². The number of guanidine groups is 1. The molecule has 0 bridgehead atoms. The fraction of sp³-hybridized carbons (Fsp3) is 0.632. The number of methoxy groups -OCH3 is 1. The van der Waals surface area contributed by atoms with Gasteiger partial charge in [-0.3, -0.25) is 4.99 Å². The van der Waals surface area contributed by atoms with E-state index in [1.165, 1.54) is 26.0 Å². The van der Waals surface area contributed by atoms with Crippen LogP contribution in [0.15, 0.2) is 23.2 Å². The number of benzene rings is 1. The van der Waals surface area contributed by atoms with Gasteiger partial charge in [-0.2, -0.15) is 8.78 Å². The van der Waals surface area contributed by atoms with Crippen LogP contribution in [0.4, 0.5) is 8.78 Å². The van der Waals surface area contributed by atoms with Crippen molar-refractivity contribution in [2.24, 2.45) is 10.9 Å². The van der Waals surface area contributed by atoms with Crippen molar-refractivity contribution in [2.45, 2.75) is 32.9 Å². The maximum Gasteiger partial charge on any atom is 0.387 e. The summed E-state index contributed by atoms with van der Waals surface area (Å²) in [5, 5.41) is 6.40. The van der Waals surface area contributed by atoms with Gasteiger partial charge in [-0.05, 0) is 43.5 Å². The van der Waals surface area contributed by atoms with Gasteiger partial charge in [0.25, 0.3) is 0 Å². The number of nitrogens with one attached hydrogen (secondary N) is 2. The minimum Gasteiger partial charge on any atom is -0.497 e. The van der Waals surface area contributed by atoms with Gasteiger partial charge < -0.3 is 25.0 Å². The average Bonchev–Trinajstić information content (AvgIpc) is 2.65. The molecule has 1 saturated heterocycles.